The van der Waals surface area contributed by atoms with E-state index < -0.39 is 0 Å². The first-order valence-corrected chi connectivity index (χ1v) is 8.00. The number of hydrogen-bond donors (Lipinski definition) is 2. The SMILES string of the molecule is CC1CCC(NC(=O)CC2CSCCN2)CC1.Cl. The fourth-order valence-corrected chi connectivity index (χ4v) is 3.61. The van der Waals surface area contributed by atoms with Gasteiger partial charge in [0, 0.05) is 36.6 Å². The molecular formula is C13H25ClN2OS. The topological polar surface area (TPSA) is 41.1 Å². The number of carbonyl (C=O) groups excluding carboxylic acids is 1. The van der Waals surface area contributed by atoms with Crippen molar-refractivity contribution < 1.29 is 4.79 Å². The number of carbonyl (C=O) groups is 1. The molecule has 1 amide bonds. The van der Waals surface area contributed by atoms with E-state index in [-0.39, 0.29) is 18.3 Å². The second kappa shape index (κ2) is 8.28. The van der Waals surface area contributed by atoms with Crippen molar-refractivity contribution in [2.24, 2.45) is 5.92 Å². The van der Waals surface area contributed by atoms with Crippen LogP contribution in [-0.4, -0.2) is 36.0 Å². The fraction of sp³-hybridized carbons (Fsp3) is 0.923. The smallest absolute Gasteiger partial charge is 0.221 e. The van der Waals surface area contributed by atoms with Crippen molar-refractivity contribution in [3.8, 4) is 0 Å². The molecule has 106 valence electrons. The predicted molar refractivity (Wildman–Crippen MR) is 80.5 cm³/mol. The lowest BCUT2D eigenvalue weighted by Crippen LogP contribution is -2.44. The number of amides is 1. The first-order chi connectivity index (χ1) is 8.24. The van der Waals surface area contributed by atoms with Crippen LogP contribution in [0, 0.1) is 5.92 Å². The largest absolute Gasteiger partial charge is 0.353 e. The average Bonchev–Trinajstić information content (AvgIpc) is 2.33. The Hall–Kier alpha value is 0.0700. The van der Waals surface area contributed by atoms with Crippen molar-refractivity contribution in [3.63, 3.8) is 0 Å². The van der Waals surface area contributed by atoms with Crippen LogP contribution in [0.3, 0.4) is 0 Å². The Labute approximate surface area is 121 Å². The Morgan fingerprint density at radius 3 is 2.67 bits per heavy atom. The molecule has 2 N–H and O–H groups in total. The predicted octanol–water partition coefficient (Wildman–Crippen LogP) is 2.20. The lowest BCUT2D eigenvalue weighted by molar-refractivity contribution is -0.122. The summed E-state index contributed by atoms with van der Waals surface area (Å²) in [7, 11) is 0. The highest BCUT2D eigenvalue weighted by molar-refractivity contribution is 7.99. The second-order valence-corrected chi connectivity index (χ2v) is 6.60. The molecule has 0 aromatic heterocycles. The zero-order valence-electron chi connectivity index (χ0n) is 11.1. The molecule has 0 spiro atoms. The molecule has 1 saturated heterocycles. The molecule has 18 heavy (non-hydrogen) atoms. The molecule has 3 nitrogen and oxygen atoms in total. The molecule has 0 aromatic rings. The molecule has 2 aliphatic rings. The number of hydrogen-bond acceptors (Lipinski definition) is 3. The maximum absolute atomic E-state index is 11.9. The van der Waals surface area contributed by atoms with E-state index >= 15 is 0 Å². The summed E-state index contributed by atoms with van der Waals surface area (Å²) in [5.74, 6) is 3.34. The fourth-order valence-electron chi connectivity index (χ4n) is 2.67. The number of halogens is 1. The Morgan fingerprint density at radius 2 is 2.06 bits per heavy atom. The summed E-state index contributed by atoms with van der Waals surface area (Å²) in [6.07, 6.45) is 5.52. The highest BCUT2D eigenvalue weighted by Gasteiger charge is 2.22. The zero-order chi connectivity index (χ0) is 12.1. The van der Waals surface area contributed by atoms with Gasteiger partial charge in [-0.15, -0.1) is 12.4 Å². The quantitative estimate of drug-likeness (QED) is 0.838. The molecule has 2 rings (SSSR count). The number of thioether (sulfide) groups is 1. The highest BCUT2D eigenvalue weighted by Crippen LogP contribution is 2.23. The van der Waals surface area contributed by atoms with Gasteiger partial charge in [0.05, 0.1) is 0 Å². The van der Waals surface area contributed by atoms with Gasteiger partial charge in [-0.05, 0) is 31.6 Å². The van der Waals surface area contributed by atoms with Gasteiger partial charge >= 0.3 is 0 Å². The third-order valence-corrected chi connectivity index (χ3v) is 4.94. The summed E-state index contributed by atoms with van der Waals surface area (Å²) in [5, 5.41) is 6.61. The minimum atomic E-state index is 0. The van der Waals surface area contributed by atoms with Crippen LogP contribution < -0.4 is 10.6 Å². The van der Waals surface area contributed by atoms with Crippen molar-refractivity contribution in [2.45, 2.75) is 51.1 Å². The normalized spacial score (nSPS) is 32.4. The van der Waals surface area contributed by atoms with E-state index in [0.717, 1.165) is 18.2 Å². The van der Waals surface area contributed by atoms with Gasteiger partial charge in [0.15, 0.2) is 0 Å². The molecule has 1 heterocycles. The first-order valence-electron chi connectivity index (χ1n) is 6.84. The highest BCUT2D eigenvalue weighted by atomic mass is 35.5. The van der Waals surface area contributed by atoms with Gasteiger partial charge in [-0.2, -0.15) is 11.8 Å². The maximum atomic E-state index is 11.9. The van der Waals surface area contributed by atoms with E-state index in [9.17, 15) is 4.79 Å². The summed E-state index contributed by atoms with van der Waals surface area (Å²) >= 11 is 1.95. The van der Waals surface area contributed by atoms with Crippen molar-refractivity contribution >= 4 is 30.1 Å². The summed E-state index contributed by atoms with van der Waals surface area (Å²) in [6.45, 7) is 3.35. The Morgan fingerprint density at radius 1 is 1.33 bits per heavy atom. The van der Waals surface area contributed by atoms with Crippen molar-refractivity contribution in [1.82, 2.24) is 10.6 Å². The molecule has 0 aromatic carbocycles. The van der Waals surface area contributed by atoms with E-state index in [1.54, 1.807) is 0 Å². The summed E-state index contributed by atoms with van der Waals surface area (Å²) < 4.78 is 0. The van der Waals surface area contributed by atoms with Crippen LogP contribution >= 0.6 is 24.2 Å². The van der Waals surface area contributed by atoms with Gasteiger partial charge in [-0.1, -0.05) is 6.92 Å². The van der Waals surface area contributed by atoms with E-state index in [4.69, 9.17) is 0 Å². The Bertz CT molecular complexity index is 251. The minimum Gasteiger partial charge on any atom is -0.353 e. The molecule has 1 aliphatic carbocycles. The molecule has 1 aliphatic heterocycles. The zero-order valence-corrected chi connectivity index (χ0v) is 12.7. The third kappa shape index (κ3) is 5.37. The third-order valence-electron chi connectivity index (χ3n) is 3.81. The van der Waals surface area contributed by atoms with Crippen LogP contribution in [0.2, 0.25) is 0 Å². The van der Waals surface area contributed by atoms with Gasteiger partial charge in [-0.3, -0.25) is 4.79 Å². The number of rotatable bonds is 3. The molecule has 1 atom stereocenters. The molecule has 0 bridgehead atoms. The summed E-state index contributed by atoms with van der Waals surface area (Å²) in [4.78, 5) is 11.9. The molecule has 2 fully saturated rings. The molecule has 1 unspecified atom stereocenters. The first kappa shape index (κ1) is 16.1. The van der Waals surface area contributed by atoms with Crippen LogP contribution in [0.25, 0.3) is 0 Å². The summed E-state index contributed by atoms with van der Waals surface area (Å²) in [6, 6.07) is 0.825. The van der Waals surface area contributed by atoms with E-state index in [2.05, 4.69) is 17.6 Å². The van der Waals surface area contributed by atoms with Gasteiger partial charge in [0.25, 0.3) is 0 Å². The Kier molecular flexibility index (Phi) is 7.42. The van der Waals surface area contributed by atoms with Crippen molar-refractivity contribution in [3.05, 3.63) is 0 Å². The van der Waals surface area contributed by atoms with Crippen LogP contribution in [0.15, 0.2) is 0 Å². The summed E-state index contributed by atoms with van der Waals surface area (Å²) in [5.41, 5.74) is 0. The molecular weight excluding hydrogens is 268 g/mol. The second-order valence-electron chi connectivity index (χ2n) is 5.45. The van der Waals surface area contributed by atoms with E-state index in [1.807, 2.05) is 11.8 Å². The van der Waals surface area contributed by atoms with Crippen LogP contribution in [0.4, 0.5) is 0 Å². The lowest BCUT2D eigenvalue weighted by Gasteiger charge is -2.28. The van der Waals surface area contributed by atoms with Crippen molar-refractivity contribution in [1.29, 1.82) is 0 Å². The standard InChI is InChI=1S/C13H24N2OS.ClH/c1-10-2-4-11(5-3-10)15-13(16)8-12-9-17-7-6-14-12;/h10-12,14H,2-9H2,1H3,(H,15,16);1H. The Balaban J connectivity index is 0.00000162. The van der Waals surface area contributed by atoms with Gasteiger partial charge < -0.3 is 10.6 Å². The number of nitrogens with one attached hydrogen (secondary N) is 2. The van der Waals surface area contributed by atoms with Gasteiger partial charge in [-0.25, -0.2) is 0 Å². The molecule has 1 saturated carbocycles. The molecule has 0 radical (unpaired) electrons. The van der Waals surface area contributed by atoms with E-state index in [1.165, 1.54) is 31.4 Å². The van der Waals surface area contributed by atoms with Crippen molar-refractivity contribution in [2.75, 3.05) is 18.1 Å². The molecule has 5 heteroatoms. The van der Waals surface area contributed by atoms with Crippen LogP contribution in [0.5, 0.6) is 0 Å². The van der Waals surface area contributed by atoms with Gasteiger partial charge in [0.1, 0.15) is 0 Å². The average molecular weight is 293 g/mol. The van der Waals surface area contributed by atoms with Crippen LogP contribution in [0.1, 0.15) is 39.0 Å². The van der Waals surface area contributed by atoms with E-state index in [0.29, 0.717) is 18.5 Å². The lowest BCUT2D eigenvalue weighted by atomic mass is 9.87. The van der Waals surface area contributed by atoms with Crippen LogP contribution in [-0.2, 0) is 4.79 Å². The monoisotopic (exact) mass is 292 g/mol. The minimum absolute atomic E-state index is 0. The maximum Gasteiger partial charge on any atom is 0.221 e. The van der Waals surface area contributed by atoms with Gasteiger partial charge in [0.2, 0.25) is 5.91 Å².